The second-order valence-electron chi connectivity index (χ2n) is 6.85. The van der Waals surface area contributed by atoms with Crippen LogP contribution in [0.3, 0.4) is 0 Å². The molecule has 1 atom stereocenters. The van der Waals surface area contributed by atoms with E-state index in [1.807, 2.05) is 0 Å². The fourth-order valence-corrected chi connectivity index (χ4v) is 4.82. The zero-order valence-electron chi connectivity index (χ0n) is 13.4. The minimum atomic E-state index is -3.48. The maximum atomic E-state index is 12.8. The molecule has 5 nitrogen and oxygen atoms in total. The van der Waals surface area contributed by atoms with Crippen molar-refractivity contribution >= 4 is 16.0 Å². The van der Waals surface area contributed by atoms with Gasteiger partial charge in [0.25, 0.3) is 0 Å². The van der Waals surface area contributed by atoms with Crippen LogP contribution in [0.2, 0.25) is 0 Å². The molecule has 0 amide bonds. The second-order valence-corrected chi connectivity index (χ2v) is 8.79. The quantitative estimate of drug-likeness (QED) is 0.916. The van der Waals surface area contributed by atoms with E-state index in [4.69, 9.17) is 0 Å². The Morgan fingerprint density at radius 1 is 1.17 bits per heavy atom. The van der Waals surface area contributed by atoms with Crippen molar-refractivity contribution in [2.75, 3.05) is 13.1 Å². The first-order valence-electron chi connectivity index (χ1n) is 8.20. The van der Waals surface area contributed by atoms with Crippen LogP contribution < -0.4 is 0 Å². The number of rotatable bonds is 4. The molecule has 1 N–H and O–H groups in total. The lowest BCUT2D eigenvalue weighted by atomic mass is 9.96. The summed E-state index contributed by atoms with van der Waals surface area (Å²) in [6.45, 7) is 3.28. The van der Waals surface area contributed by atoms with Gasteiger partial charge in [-0.1, -0.05) is 19.1 Å². The number of carboxylic acids is 1. The van der Waals surface area contributed by atoms with Gasteiger partial charge in [-0.15, -0.1) is 0 Å². The second kappa shape index (κ2) is 5.91. The zero-order valence-corrected chi connectivity index (χ0v) is 14.2. The largest absolute Gasteiger partial charge is 0.481 e. The Kier molecular flexibility index (Phi) is 4.23. The van der Waals surface area contributed by atoms with E-state index in [0.29, 0.717) is 37.4 Å². The van der Waals surface area contributed by atoms with Gasteiger partial charge in [-0.3, -0.25) is 4.79 Å². The number of benzene rings is 1. The Hall–Kier alpha value is -1.40. The average molecular weight is 337 g/mol. The summed E-state index contributed by atoms with van der Waals surface area (Å²) in [6.07, 6.45) is 4.09. The Labute approximate surface area is 137 Å². The molecule has 126 valence electrons. The molecular formula is C17H23NO4S. The molecule has 1 aromatic rings. The van der Waals surface area contributed by atoms with E-state index in [1.54, 1.807) is 28.6 Å². The van der Waals surface area contributed by atoms with Crippen LogP contribution in [-0.4, -0.2) is 36.9 Å². The minimum Gasteiger partial charge on any atom is -0.481 e. The maximum Gasteiger partial charge on any atom is 0.314 e. The summed E-state index contributed by atoms with van der Waals surface area (Å²) in [5.74, 6) is -0.266. The van der Waals surface area contributed by atoms with Gasteiger partial charge >= 0.3 is 5.97 Å². The lowest BCUT2D eigenvalue weighted by Gasteiger charge is -2.20. The Morgan fingerprint density at radius 3 is 2.39 bits per heavy atom. The summed E-state index contributed by atoms with van der Waals surface area (Å²) in [7, 11) is -3.48. The number of nitrogens with zero attached hydrogens (tertiary/aromatic N) is 1. The highest BCUT2D eigenvalue weighted by atomic mass is 32.2. The molecule has 2 fully saturated rings. The SMILES string of the molecule is CC1CCCN(S(=O)(=O)c2ccc(C3(C(=O)O)CC3)cc2)CC1. The zero-order chi connectivity index (χ0) is 16.7. The third-order valence-electron chi connectivity index (χ3n) is 5.18. The summed E-state index contributed by atoms with van der Waals surface area (Å²) < 4.78 is 27.1. The van der Waals surface area contributed by atoms with Crippen LogP contribution in [0.1, 0.15) is 44.6 Å². The van der Waals surface area contributed by atoms with Gasteiger partial charge in [-0.25, -0.2) is 8.42 Å². The molecule has 1 saturated carbocycles. The monoisotopic (exact) mass is 337 g/mol. The van der Waals surface area contributed by atoms with E-state index in [9.17, 15) is 18.3 Å². The molecule has 6 heteroatoms. The standard InChI is InChI=1S/C17H23NO4S/c1-13-3-2-11-18(12-8-13)23(21,22)15-6-4-14(5-7-15)17(9-10-17)16(19)20/h4-7,13H,2-3,8-12H2,1H3,(H,19,20). The van der Waals surface area contributed by atoms with E-state index in [1.165, 1.54) is 0 Å². The molecule has 1 saturated heterocycles. The first kappa shape index (κ1) is 16.5. The summed E-state index contributed by atoms with van der Waals surface area (Å²) in [6, 6.07) is 6.44. The molecular weight excluding hydrogens is 314 g/mol. The molecule has 1 aliphatic carbocycles. The number of hydrogen-bond acceptors (Lipinski definition) is 3. The smallest absolute Gasteiger partial charge is 0.314 e. The van der Waals surface area contributed by atoms with Crippen molar-refractivity contribution in [2.45, 2.75) is 49.3 Å². The Morgan fingerprint density at radius 2 is 1.83 bits per heavy atom. The molecule has 2 aliphatic rings. The molecule has 1 aromatic carbocycles. The summed E-state index contributed by atoms with van der Waals surface area (Å²) in [5, 5.41) is 9.32. The Bertz CT molecular complexity index is 692. The molecule has 1 aliphatic heterocycles. The minimum absolute atomic E-state index is 0.261. The highest BCUT2D eigenvalue weighted by molar-refractivity contribution is 7.89. The molecule has 0 spiro atoms. The predicted octanol–water partition coefficient (Wildman–Crippen LogP) is 2.61. The Balaban J connectivity index is 1.82. The molecule has 0 bridgehead atoms. The van der Waals surface area contributed by atoms with Gasteiger partial charge in [0.2, 0.25) is 10.0 Å². The number of aliphatic carboxylic acids is 1. The van der Waals surface area contributed by atoms with Crippen LogP contribution in [0.15, 0.2) is 29.2 Å². The number of carbonyl (C=O) groups is 1. The normalized spacial score (nSPS) is 24.8. The van der Waals surface area contributed by atoms with Gasteiger partial charge in [-0.05, 0) is 55.7 Å². The molecule has 23 heavy (non-hydrogen) atoms. The van der Waals surface area contributed by atoms with Gasteiger partial charge in [-0.2, -0.15) is 4.31 Å². The van der Waals surface area contributed by atoms with E-state index >= 15 is 0 Å². The van der Waals surface area contributed by atoms with Gasteiger partial charge in [0.05, 0.1) is 10.3 Å². The van der Waals surface area contributed by atoms with Crippen molar-refractivity contribution in [3.8, 4) is 0 Å². The van der Waals surface area contributed by atoms with Crippen molar-refractivity contribution < 1.29 is 18.3 Å². The third kappa shape index (κ3) is 3.02. The van der Waals surface area contributed by atoms with Crippen molar-refractivity contribution in [1.82, 2.24) is 4.31 Å². The van der Waals surface area contributed by atoms with Gasteiger partial charge in [0.1, 0.15) is 0 Å². The van der Waals surface area contributed by atoms with E-state index in [2.05, 4.69) is 6.92 Å². The fraction of sp³-hybridized carbons (Fsp3) is 0.588. The van der Waals surface area contributed by atoms with Crippen molar-refractivity contribution in [3.05, 3.63) is 29.8 Å². The summed E-state index contributed by atoms with van der Waals surface area (Å²) in [5.41, 5.74) is -0.0891. The van der Waals surface area contributed by atoms with Crippen molar-refractivity contribution in [2.24, 2.45) is 5.92 Å². The maximum absolute atomic E-state index is 12.8. The van der Waals surface area contributed by atoms with Crippen LogP contribution in [0, 0.1) is 5.92 Å². The van der Waals surface area contributed by atoms with E-state index in [-0.39, 0.29) is 4.90 Å². The van der Waals surface area contributed by atoms with Crippen molar-refractivity contribution in [1.29, 1.82) is 0 Å². The number of carboxylic acid groups (broad SMARTS) is 1. The molecule has 1 heterocycles. The van der Waals surface area contributed by atoms with Crippen LogP contribution in [-0.2, 0) is 20.2 Å². The molecule has 0 radical (unpaired) electrons. The third-order valence-corrected chi connectivity index (χ3v) is 7.09. The fourth-order valence-electron chi connectivity index (χ4n) is 3.32. The average Bonchev–Trinajstić information content (AvgIpc) is 3.32. The van der Waals surface area contributed by atoms with Gasteiger partial charge in [0, 0.05) is 13.1 Å². The first-order valence-corrected chi connectivity index (χ1v) is 9.64. The lowest BCUT2D eigenvalue weighted by Crippen LogP contribution is -2.32. The summed E-state index contributed by atoms with van der Waals surface area (Å²) in [4.78, 5) is 11.6. The molecule has 3 rings (SSSR count). The molecule has 0 aromatic heterocycles. The topological polar surface area (TPSA) is 74.7 Å². The van der Waals surface area contributed by atoms with Crippen LogP contribution in [0.5, 0.6) is 0 Å². The van der Waals surface area contributed by atoms with Crippen LogP contribution in [0.25, 0.3) is 0 Å². The van der Waals surface area contributed by atoms with Crippen LogP contribution >= 0.6 is 0 Å². The lowest BCUT2D eigenvalue weighted by molar-refractivity contribution is -0.140. The van der Waals surface area contributed by atoms with Crippen LogP contribution in [0.4, 0.5) is 0 Å². The van der Waals surface area contributed by atoms with Gasteiger partial charge in [0.15, 0.2) is 0 Å². The van der Waals surface area contributed by atoms with Gasteiger partial charge < -0.3 is 5.11 Å². The molecule has 1 unspecified atom stereocenters. The predicted molar refractivity (Wildman–Crippen MR) is 86.8 cm³/mol. The first-order chi connectivity index (χ1) is 10.9. The number of hydrogen-bond donors (Lipinski definition) is 1. The van der Waals surface area contributed by atoms with E-state index in [0.717, 1.165) is 19.3 Å². The number of sulfonamides is 1. The van der Waals surface area contributed by atoms with Crippen molar-refractivity contribution in [3.63, 3.8) is 0 Å². The highest BCUT2D eigenvalue weighted by Gasteiger charge is 2.51. The highest BCUT2D eigenvalue weighted by Crippen LogP contribution is 2.48. The van der Waals surface area contributed by atoms with E-state index < -0.39 is 21.4 Å². The summed E-state index contributed by atoms with van der Waals surface area (Å²) >= 11 is 0.